The van der Waals surface area contributed by atoms with Crippen LogP contribution >= 0.6 is 11.6 Å². The zero-order chi connectivity index (χ0) is 8.10. The molecule has 1 nitrogen and oxygen atoms in total. The average Bonchev–Trinajstić information content (AvgIpc) is 2.03. The van der Waals surface area contributed by atoms with Crippen LogP contribution in [0.25, 0.3) is 0 Å². The first-order valence-electron chi connectivity index (χ1n) is 3.30. The summed E-state index contributed by atoms with van der Waals surface area (Å²) >= 11 is 5.41. The zero-order valence-corrected chi connectivity index (χ0v) is 7.02. The van der Waals surface area contributed by atoms with Gasteiger partial charge in [0.2, 0.25) is 0 Å². The summed E-state index contributed by atoms with van der Waals surface area (Å²) < 4.78 is 0. The van der Waals surface area contributed by atoms with E-state index in [0.717, 1.165) is 11.1 Å². The molecule has 0 radical (unpaired) electrons. The van der Waals surface area contributed by atoms with Gasteiger partial charge in [-0.05, 0) is 18.6 Å². The van der Waals surface area contributed by atoms with Gasteiger partial charge in [-0.3, -0.25) is 4.98 Å². The van der Waals surface area contributed by atoms with Gasteiger partial charge < -0.3 is 0 Å². The van der Waals surface area contributed by atoms with E-state index in [4.69, 9.17) is 11.6 Å². The maximum absolute atomic E-state index is 5.41. The molecule has 0 aliphatic carbocycles. The molecule has 0 atom stereocenters. The second kappa shape index (κ2) is 4.00. The van der Waals surface area contributed by atoms with Crippen molar-refractivity contribution in [3.8, 4) is 11.8 Å². The molecule has 0 aliphatic rings. The minimum Gasteiger partial charge on any atom is -0.264 e. The van der Waals surface area contributed by atoms with Crippen molar-refractivity contribution in [1.82, 2.24) is 4.98 Å². The van der Waals surface area contributed by atoms with Gasteiger partial charge in [0.15, 0.2) is 0 Å². The third-order valence-electron chi connectivity index (χ3n) is 1.31. The van der Waals surface area contributed by atoms with Gasteiger partial charge in [0.25, 0.3) is 0 Å². The molecule has 0 saturated heterocycles. The molecule has 0 N–H and O–H groups in total. The molecule has 56 valence electrons. The maximum Gasteiger partial charge on any atom is 0.0839 e. The average molecular weight is 166 g/mol. The number of hydrogen-bond acceptors (Lipinski definition) is 1. The number of rotatable bonds is 0. The first kappa shape index (κ1) is 8.10. The van der Waals surface area contributed by atoms with Crippen LogP contribution < -0.4 is 0 Å². The summed E-state index contributed by atoms with van der Waals surface area (Å²) in [5.41, 5.74) is 2.09. The molecule has 1 rings (SSSR count). The summed E-state index contributed by atoms with van der Waals surface area (Å²) in [4.78, 5) is 3.95. The number of hydrogen-bond donors (Lipinski definition) is 0. The van der Waals surface area contributed by atoms with Gasteiger partial charge in [-0.1, -0.05) is 11.8 Å². The van der Waals surface area contributed by atoms with E-state index < -0.39 is 0 Å². The fourth-order valence-corrected chi connectivity index (χ4v) is 0.809. The van der Waals surface area contributed by atoms with Crippen molar-refractivity contribution in [3.63, 3.8) is 0 Å². The third kappa shape index (κ3) is 2.25. The van der Waals surface area contributed by atoms with Crippen LogP contribution in [0.15, 0.2) is 18.5 Å². The Labute approximate surface area is 71.4 Å². The van der Waals surface area contributed by atoms with E-state index in [1.165, 1.54) is 0 Å². The normalized spacial score (nSPS) is 8.55. The summed E-state index contributed by atoms with van der Waals surface area (Å²) in [7, 11) is 0. The quantitative estimate of drug-likeness (QED) is 0.423. The van der Waals surface area contributed by atoms with E-state index in [0.29, 0.717) is 5.88 Å². The van der Waals surface area contributed by atoms with Crippen LogP contribution in [0.3, 0.4) is 0 Å². The van der Waals surface area contributed by atoms with Crippen LogP contribution in [0.5, 0.6) is 0 Å². The van der Waals surface area contributed by atoms with Gasteiger partial charge in [-0.15, -0.1) is 11.6 Å². The lowest BCUT2D eigenvalue weighted by atomic mass is 10.2. The molecule has 0 aliphatic heterocycles. The van der Waals surface area contributed by atoms with Crippen LogP contribution in [0.2, 0.25) is 0 Å². The molecule has 2 heteroatoms. The van der Waals surface area contributed by atoms with Gasteiger partial charge in [-0.2, -0.15) is 0 Å². The Morgan fingerprint density at radius 1 is 1.64 bits per heavy atom. The molecule has 0 bridgehead atoms. The van der Waals surface area contributed by atoms with Gasteiger partial charge in [0, 0.05) is 18.0 Å². The molecule has 0 aromatic carbocycles. The van der Waals surface area contributed by atoms with Crippen LogP contribution in [0, 0.1) is 18.8 Å². The Hall–Kier alpha value is -1.00. The lowest BCUT2D eigenvalue weighted by molar-refractivity contribution is 1.25. The van der Waals surface area contributed by atoms with E-state index in [1.54, 1.807) is 12.4 Å². The van der Waals surface area contributed by atoms with Crippen molar-refractivity contribution in [2.75, 3.05) is 5.88 Å². The fourth-order valence-electron chi connectivity index (χ4n) is 0.742. The molecular weight excluding hydrogens is 158 g/mol. The van der Waals surface area contributed by atoms with Crippen molar-refractivity contribution < 1.29 is 0 Å². The molecule has 0 unspecified atom stereocenters. The minimum absolute atomic E-state index is 0.377. The van der Waals surface area contributed by atoms with Crippen LogP contribution in [-0.2, 0) is 0 Å². The predicted octanol–water partition coefficient (Wildman–Crippen LogP) is 1.98. The maximum atomic E-state index is 5.41. The Balaban J connectivity index is 2.95. The Kier molecular flexibility index (Phi) is 2.95. The Morgan fingerprint density at radius 2 is 2.45 bits per heavy atom. The molecule has 1 heterocycles. The second-order valence-electron chi connectivity index (χ2n) is 2.13. The van der Waals surface area contributed by atoms with Gasteiger partial charge in [0.1, 0.15) is 0 Å². The summed E-state index contributed by atoms with van der Waals surface area (Å²) in [5, 5.41) is 0. The molecule has 0 spiro atoms. The number of aromatic nitrogens is 1. The summed E-state index contributed by atoms with van der Waals surface area (Å²) in [6.45, 7) is 1.98. The lowest BCUT2D eigenvalue weighted by Crippen LogP contribution is -1.82. The standard InChI is InChI=1S/C9H8ClN/c1-8-7-11-6-4-9(8)3-2-5-10/h4,6-7H,5H2,1H3. The van der Waals surface area contributed by atoms with Crippen LogP contribution in [0.4, 0.5) is 0 Å². The van der Waals surface area contributed by atoms with Crippen molar-refractivity contribution in [1.29, 1.82) is 0 Å². The fraction of sp³-hybridized carbons (Fsp3) is 0.222. The molecule has 0 fully saturated rings. The Morgan fingerprint density at radius 3 is 3.09 bits per heavy atom. The summed E-state index contributed by atoms with van der Waals surface area (Å²) in [6.07, 6.45) is 3.52. The number of halogens is 1. The molecular formula is C9H8ClN. The van der Waals surface area contributed by atoms with Crippen molar-refractivity contribution >= 4 is 11.6 Å². The summed E-state index contributed by atoms with van der Waals surface area (Å²) in [5.74, 6) is 6.11. The number of alkyl halides is 1. The van der Waals surface area contributed by atoms with Gasteiger partial charge >= 0.3 is 0 Å². The smallest absolute Gasteiger partial charge is 0.0839 e. The Bertz CT molecular complexity index is 296. The van der Waals surface area contributed by atoms with E-state index in [1.807, 2.05) is 13.0 Å². The van der Waals surface area contributed by atoms with Gasteiger partial charge in [0.05, 0.1) is 5.88 Å². The second-order valence-corrected chi connectivity index (χ2v) is 2.39. The van der Waals surface area contributed by atoms with Crippen molar-refractivity contribution in [3.05, 3.63) is 29.6 Å². The number of nitrogens with zero attached hydrogens (tertiary/aromatic N) is 1. The highest BCUT2D eigenvalue weighted by atomic mass is 35.5. The van der Waals surface area contributed by atoms with E-state index >= 15 is 0 Å². The number of pyridine rings is 1. The van der Waals surface area contributed by atoms with Crippen LogP contribution in [0.1, 0.15) is 11.1 Å². The van der Waals surface area contributed by atoms with Crippen LogP contribution in [-0.4, -0.2) is 10.9 Å². The molecule has 0 amide bonds. The van der Waals surface area contributed by atoms with E-state index in [-0.39, 0.29) is 0 Å². The summed E-state index contributed by atoms with van der Waals surface area (Å²) in [6, 6.07) is 1.88. The predicted molar refractivity (Wildman–Crippen MR) is 46.6 cm³/mol. The topological polar surface area (TPSA) is 12.9 Å². The monoisotopic (exact) mass is 165 g/mol. The first-order valence-corrected chi connectivity index (χ1v) is 3.83. The van der Waals surface area contributed by atoms with E-state index in [9.17, 15) is 0 Å². The highest BCUT2D eigenvalue weighted by Crippen LogP contribution is 2.01. The lowest BCUT2D eigenvalue weighted by Gasteiger charge is -1.92. The SMILES string of the molecule is Cc1cnccc1C#CCCl. The van der Waals surface area contributed by atoms with E-state index in [2.05, 4.69) is 16.8 Å². The zero-order valence-electron chi connectivity index (χ0n) is 6.26. The molecule has 11 heavy (non-hydrogen) atoms. The minimum atomic E-state index is 0.377. The first-order chi connectivity index (χ1) is 5.34. The third-order valence-corrected chi connectivity index (χ3v) is 1.44. The van der Waals surface area contributed by atoms with Crippen molar-refractivity contribution in [2.24, 2.45) is 0 Å². The van der Waals surface area contributed by atoms with Crippen molar-refractivity contribution in [2.45, 2.75) is 6.92 Å². The number of aryl methyl sites for hydroxylation is 1. The molecule has 1 aromatic heterocycles. The van der Waals surface area contributed by atoms with Gasteiger partial charge in [-0.25, -0.2) is 0 Å². The highest BCUT2D eigenvalue weighted by molar-refractivity contribution is 6.19. The highest BCUT2D eigenvalue weighted by Gasteiger charge is 1.89. The largest absolute Gasteiger partial charge is 0.264 e. The molecule has 0 saturated carbocycles. The molecule has 1 aromatic rings.